The lowest BCUT2D eigenvalue weighted by molar-refractivity contribution is 0.0327. The lowest BCUT2D eigenvalue weighted by Crippen LogP contribution is -2.25. The van der Waals surface area contributed by atoms with E-state index in [1.807, 2.05) is 46.0 Å². The Hall–Kier alpha value is -1.55. The molecular formula is C17H23BN2O. The average Bonchev–Trinajstić information content (AvgIpc) is 2.75. The third-order valence-electron chi connectivity index (χ3n) is 4.08. The molecule has 2 aromatic heterocycles. The molecule has 1 unspecified atom stereocenters. The molecule has 2 heterocycles. The number of nitrogens with one attached hydrogen (secondary N) is 1. The highest BCUT2D eigenvalue weighted by atomic mass is 16.3. The van der Waals surface area contributed by atoms with E-state index in [2.05, 4.69) is 16.0 Å². The van der Waals surface area contributed by atoms with Crippen molar-refractivity contribution in [2.75, 3.05) is 0 Å². The van der Waals surface area contributed by atoms with Crippen LogP contribution in [-0.4, -0.2) is 28.5 Å². The Morgan fingerprint density at radius 1 is 1.43 bits per heavy atom. The van der Waals surface area contributed by atoms with Crippen LogP contribution in [0.15, 0.2) is 24.5 Å². The second-order valence-electron chi connectivity index (χ2n) is 6.47. The van der Waals surface area contributed by atoms with Crippen LogP contribution in [0.3, 0.4) is 0 Å². The Labute approximate surface area is 127 Å². The lowest BCUT2D eigenvalue weighted by Gasteiger charge is -2.21. The Morgan fingerprint density at radius 3 is 2.71 bits per heavy atom. The van der Waals surface area contributed by atoms with Crippen molar-refractivity contribution in [2.24, 2.45) is 5.92 Å². The molecule has 1 atom stereocenters. The molecule has 2 aromatic rings. The Balaban J connectivity index is 0.000000199. The summed E-state index contributed by atoms with van der Waals surface area (Å²) in [6, 6.07) is 1.99. The van der Waals surface area contributed by atoms with Crippen molar-refractivity contribution in [1.82, 2.24) is 9.97 Å². The van der Waals surface area contributed by atoms with Crippen LogP contribution in [-0.2, 0) is 6.42 Å². The standard InChI is InChI=1S/C11H9BN2.C6H14O/c12-7-1-2-8-9-6-13-4-3-10(9)14-11(8)5-7;1-5(2)6(3,4)7/h1-4,6-7,14H,5H2;5,7H,1-4H3. The molecule has 0 saturated heterocycles. The van der Waals surface area contributed by atoms with E-state index in [1.165, 1.54) is 16.6 Å². The van der Waals surface area contributed by atoms with Crippen molar-refractivity contribution >= 4 is 24.8 Å². The molecule has 2 radical (unpaired) electrons. The first-order chi connectivity index (χ1) is 9.79. The summed E-state index contributed by atoms with van der Waals surface area (Å²) in [6.07, 6.45) is 8.72. The Kier molecular flexibility index (Phi) is 4.57. The first-order valence-electron chi connectivity index (χ1n) is 7.39. The van der Waals surface area contributed by atoms with Crippen LogP contribution in [0.2, 0.25) is 5.82 Å². The van der Waals surface area contributed by atoms with Gasteiger partial charge >= 0.3 is 0 Å². The maximum atomic E-state index is 9.09. The predicted octanol–water partition coefficient (Wildman–Crippen LogP) is 3.50. The van der Waals surface area contributed by atoms with Crippen molar-refractivity contribution in [3.8, 4) is 0 Å². The average molecular weight is 282 g/mol. The Morgan fingerprint density at radius 2 is 2.10 bits per heavy atom. The molecule has 2 N–H and O–H groups in total. The third-order valence-corrected chi connectivity index (χ3v) is 4.08. The van der Waals surface area contributed by atoms with Gasteiger partial charge in [0.15, 0.2) is 0 Å². The lowest BCUT2D eigenvalue weighted by atomic mass is 9.79. The number of hydrogen-bond donors (Lipinski definition) is 2. The number of rotatable bonds is 1. The summed E-state index contributed by atoms with van der Waals surface area (Å²) in [7, 11) is 5.85. The highest BCUT2D eigenvalue weighted by molar-refractivity contribution is 6.14. The van der Waals surface area contributed by atoms with Crippen molar-refractivity contribution in [3.63, 3.8) is 0 Å². The summed E-state index contributed by atoms with van der Waals surface area (Å²) in [5.74, 6) is 0.496. The topological polar surface area (TPSA) is 48.9 Å². The number of aromatic nitrogens is 2. The van der Waals surface area contributed by atoms with Gasteiger partial charge in [-0.15, -0.1) is 0 Å². The van der Waals surface area contributed by atoms with Gasteiger partial charge in [0.05, 0.1) is 13.4 Å². The number of nitrogens with zero attached hydrogens (tertiary/aromatic N) is 1. The molecule has 0 amide bonds. The number of H-pyrrole nitrogens is 1. The monoisotopic (exact) mass is 282 g/mol. The van der Waals surface area contributed by atoms with E-state index >= 15 is 0 Å². The van der Waals surface area contributed by atoms with Gasteiger partial charge in [-0.05, 0) is 32.3 Å². The van der Waals surface area contributed by atoms with Gasteiger partial charge in [0.2, 0.25) is 0 Å². The first-order valence-corrected chi connectivity index (χ1v) is 7.39. The maximum absolute atomic E-state index is 9.09. The normalized spacial score (nSPS) is 17.5. The summed E-state index contributed by atoms with van der Waals surface area (Å²) in [5.41, 5.74) is 3.11. The third kappa shape index (κ3) is 3.76. The fraction of sp³-hybridized carbons (Fsp3) is 0.471. The van der Waals surface area contributed by atoms with Gasteiger partial charge in [-0.3, -0.25) is 4.98 Å². The molecule has 21 heavy (non-hydrogen) atoms. The van der Waals surface area contributed by atoms with Gasteiger partial charge in [0.25, 0.3) is 0 Å². The van der Waals surface area contributed by atoms with Gasteiger partial charge in [-0.2, -0.15) is 0 Å². The van der Waals surface area contributed by atoms with Crippen molar-refractivity contribution in [2.45, 2.75) is 45.5 Å². The second-order valence-corrected chi connectivity index (χ2v) is 6.47. The number of hydrogen-bond acceptors (Lipinski definition) is 2. The smallest absolute Gasteiger partial charge is 0.0760 e. The summed E-state index contributed by atoms with van der Waals surface area (Å²) in [6.45, 7) is 7.63. The van der Waals surface area contributed by atoms with E-state index in [-0.39, 0.29) is 5.82 Å². The van der Waals surface area contributed by atoms with Crippen LogP contribution in [0.4, 0.5) is 0 Å². The molecule has 3 rings (SSSR count). The molecule has 3 nitrogen and oxygen atoms in total. The number of allylic oxidation sites excluding steroid dienone is 1. The molecule has 0 saturated carbocycles. The van der Waals surface area contributed by atoms with Crippen LogP contribution >= 0.6 is 0 Å². The molecule has 0 fully saturated rings. The molecule has 1 aliphatic carbocycles. The van der Waals surface area contributed by atoms with Gasteiger partial charge in [-0.25, -0.2) is 0 Å². The molecule has 0 spiro atoms. The van der Waals surface area contributed by atoms with Gasteiger partial charge in [0, 0.05) is 34.6 Å². The minimum absolute atomic E-state index is 0.142. The summed E-state index contributed by atoms with van der Waals surface area (Å²) >= 11 is 0. The SMILES string of the molecule is CC(C)C(C)(C)O.[B]C1C=Cc2c([nH]c3ccncc23)C1. The number of aliphatic hydroxyl groups is 1. The van der Waals surface area contributed by atoms with Gasteiger partial charge in [0.1, 0.15) is 0 Å². The molecule has 0 bridgehead atoms. The zero-order valence-corrected chi connectivity index (χ0v) is 13.2. The summed E-state index contributed by atoms with van der Waals surface area (Å²) in [4.78, 5) is 7.50. The van der Waals surface area contributed by atoms with Crippen molar-refractivity contribution < 1.29 is 5.11 Å². The molecular weight excluding hydrogens is 259 g/mol. The zero-order chi connectivity index (χ0) is 15.6. The molecule has 1 aliphatic rings. The second kappa shape index (κ2) is 6.06. The number of aromatic amines is 1. The molecule has 4 heteroatoms. The number of fused-ring (bicyclic) bond motifs is 3. The van der Waals surface area contributed by atoms with E-state index in [1.54, 1.807) is 6.20 Å². The fourth-order valence-electron chi connectivity index (χ4n) is 1.99. The number of pyridine rings is 1. The van der Waals surface area contributed by atoms with E-state index < -0.39 is 5.60 Å². The van der Waals surface area contributed by atoms with E-state index in [0.717, 1.165) is 11.9 Å². The molecule has 110 valence electrons. The van der Waals surface area contributed by atoms with Crippen LogP contribution in [0.1, 0.15) is 39.0 Å². The maximum Gasteiger partial charge on any atom is 0.0760 e. The van der Waals surface area contributed by atoms with Crippen LogP contribution in [0, 0.1) is 5.92 Å². The van der Waals surface area contributed by atoms with E-state index in [4.69, 9.17) is 13.0 Å². The summed E-state index contributed by atoms with van der Waals surface area (Å²) < 4.78 is 0. The highest BCUT2D eigenvalue weighted by Crippen LogP contribution is 2.30. The van der Waals surface area contributed by atoms with Crippen molar-refractivity contribution in [3.05, 3.63) is 35.8 Å². The van der Waals surface area contributed by atoms with Crippen molar-refractivity contribution in [1.29, 1.82) is 0 Å². The first kappa shape index (κ1) is 15.8. The predicted molar refractivity (Wildman–Crippen MR) is 89.5 cm³/mol. The Bertz CT molecular complexity index is 638. The minimum Gasteiger partial charge on any atom is -0.390 e. The molecule has 0 aliphatic heterocycles. The quantitative estimate of drug-likeness (QED) is 0.786. The van der Waals surface area contributed by atoms with E-state index in [9.17, 15) is 0 Å². The minimum atomic E-state index is -0.500. The van der Waals surface area contributed by atoms with E-state index in [0.29, 0.717) is 5.92 Å². The zero-order valence-electron chi connectivity index (χ0n) is 13.2. The van der Waals surface area contributed by atoms with Crippen LogP contribution < -0.4 is 0 Å². The van der Waals surface area contributed by atoms with Crippen LogP contribution in [0.25, 0.3) is 17.0 Å². The molecule has 0 aromatic carbocycles. The van der Waals surface area contributed by atoms with Gasteiger partial charge < -0.3 is 10.1 Å². The summed E-state index contributed by atoms with van der Waals surface area (Å²) in [5, 5.41) is 10.3. The van der Waals surface area contributed by atoms with Crippen LogP contribution in [0.5, 0.6) is 0 Å². The van der Waals surface area contributed by atoms with Gasteiger partial charge in [-0.1, -0.05) is 31.8 Å². The highest BCUT2D eigenvalue weighted by Gasteiger charge is 2.16. The largest absolute Gasteiger partial charge is 0.390 e. The fourth-order valence-corrected chi connectivity index (χ4v) is 1.99.